The van der Waals surface area contributed by atoms with Gasteiger partial charge in [0.05, 0.1) is 36.6 Å². The van der Waals surface area contributed by atoms with E-state index in [1.807, 2.05) is 79.0 Å². The summed E-state index contributed by atoms with van der Waals surface area (Å²) in [5.74, 6) is 0.339. The number of H-pyrrole nitrogens is 1. The fourth-order valence-electron chi connectivity index (χ4n) is 5.22. The minimum atomic E-state index is -0.879. The molecule has 41 heavy (non-hydrogen) atoms. The van der Waals surface area contributed by atoms with E-state index in [9.17, 15) is 9.59 Å². The monoisotopic (exact) mass is 565 g/mol. The number of ether oxygens (including phenoxy) is 3. The van der Waals surface area contributed by atoms with Crippen LogP contribution in [0, 0.1) is 0 Å². The van der Waals surface area contributed by atoms with Crippen molar-refractivity contribution >= 4 is 40.0 Å². The summed E-state index contributed by atoms with van der Waals surface area (Å²) in [7, 11) is 3.08. The highest BCUT2D eigenvalue weighted by atomic mass is 32.1. The number of benzene rings is 3. The molecule has 1 atom stereocenters. The van der Waals surface area contributed by atoms with Crippen molar-refractivity contribution in [3.05, 3.63) is 121 Å². The van der Waals surface area contributed by atoms with Crippen LogP contribution in [0.1, 0.15) is 29.7 Å². The highest BCUT2D eigenvalue weighted by Crippen LogP contribution is 2.42. The maximum Gasteiger partial charge on any atom is 0.338 e. The third kappa shape index (κ3) is 4.54. The Balaban J connectivity index is 1.69. The minimum Gasteiger partial charge on any atom is -0.493 e. The Kier molecular flexibility index (Phi) is 7.03. The van der Waals surface area contributed by atoms with E-state index in [1.54, 1.807) is 24.7 Å². The summed E-state index contributed by atoms with van der Waals surface area (Å²) in [5, 5.41) is 1.00. The van der Waals surface area contributed by atoms with Gasteiger partial charge in [0.25, 0.3) is 5.56 Å². The van der Waals surface area contributed by atoms with E-state index >= 15 is 0 Å². The lowest BCUT2D eigenvalue weighted by Crippen LogP contribution is -2.40. The molecule has 5 aromatic rings. The van der Waals surface area contributed by atoms with Gasteiger partial charge >= 0.3 is 5.97 Å². The molecule has 2 aromatic heterocycles. The Morgan fingerprint density at radius 1 is 1.02 bits per heavy atom. The fourth-order valence-corrected chi connectivity index (χ4v) is 6.21. The summed E-state index contributed by atoms with van der Waals surface area (Å²) >= 11 is 1.27. The van der Waals surface area contributed by atoms with Crippen LogP contribution in [-0.2, 0) is 9.53 Å². The maximum absolute atomic E-state index is 14.2. The SMILES string of the molecule is CCOC(=O)C1=C(c2ccccc2)N=c2s/c(=C\c3c[nH]c4ccccc34)c(=O)n2[C@H]1c1cccc(OC)c1OC. The number of hydrogen-bond acceptors (Lipinski definition) is 7. The molecule has 0 bridgehead atoms. The van der Waals surface area contributed by atoms with Crippen LogP contribution in [0.2, 0.25) is 0 Å². The van der Waals surface area contributed by atoms with Gasteiger partial charge in [-0.15, -0.1) is 0 Å². The zero-order chi connectivity index (χ0) is 28.5. The molecule has 0 spiro atoms. The highest BCUT2D eigenvalue weighted by molar-refractivity contribution is 7.07. The van der Waals surface area contributed by atoms with Crippen molar-refractivity contribution in [1.29, 1.82) is 0 Å². The summed E-state index contributed by atoms with van der Waals surface area (Å²) in [6.07, 6.45) is 3.74. The molecule has 0 radical (unpaired) electrons. The second-order valence-electron chi connectivity index (χ2n) is 9.30. The van der Waals surface area contributed by atoms with Gasteiger partial charge in [-0.05, 0) is 25.1 Å². The first-order valence-electron chi connectivity index (χ1n) is 13.1. The molecule has 1 aliphatic heterocycles. The van der Waals surface area contributed by atoms with Crippen LogP contribution in [0.15, 0.2) is 94.4 Å². The molecule has 1 aliphatic rings. The standard InChI is InChI=1S/C32H27N3O5S/c1-4-40-31(37)26-27(19-11-6-5-7-12-19)34-32-35(28(26)22-14-10-16-24(38-2)29(22)39-3)30(36)25(41-32)17-20-18-33-23-15-9-8-13-21(20)23/h5-18,28,33H,4H2,1-3H3/b25-17-/t28-/m0/s1. The number of fused-ring (bicyclic) bond motifs is 2. The molecule has 206 valence electrons. The highest BCUT2D eigenvalue weighted by Gasteiger charge is 2.37. The molecule has 3 aromatic carbocycles. The molecule has 6 rings (SSSR count). The minimum absolute atomic E-state index is 0.164. The van der Waals surface area contributed by atoms with Crippen molar-refractivity contribution in [1.82, 2.24) is 9.55 Å². The van der Waals surface area contributed by atoms with Crippen LogP contribution in [0.5, 0.6) is 11.5 Å². The van der Waals surface area contributed by atoms with Gasteiger partial charge in [0.1, 0.15) is 6.04 Å². The maximum atomic E-state index is 14.2. The fraction of sp³-hybridized carbons (Fsp3) is 0.156. The Labute approximate surface area is 239 Å². The van der Waals surface area contributed by atoms with Gasteiger partial charge in [0, 0.05) is 33.8 Å². The molecule has 0 unspecified atom stereocenters. The average Bonchev–Trinajstić information content (AvgIpc) is 3.56. The number of carbonyl (C=O) groups is 1. The van der Waals surface area contributed by atoms with Gasteiger partial charge in [-0.1, -0.05) is 72.0 Å². The van der Waals surface area contributed by atoms with E-state index < -0.39 is 12.0 Å². The molecular weight excluding hydrogens is 538 g/mol. The first-order valence-corrected chi connectivity index (χ1v) is 13.9. The predicted octanol–water partition coefficient (Wildman–Crippen LogP) is 4.43. The summed E-state index contributed by atoms with van der Waals surface area (Å²) < 4.78 is 19.0. The number of rotatable bonds is 7. The van der Waals surface area contributed by atoms with Gasteiger partial charge in [0.2, 0.25) is 0 Å². The smallest absolute Gasteiger partial charge is 0.338 e. The lowest BCUT2D eigenvalue weighted by Gasteiger charge is -2.27. The van der Waals surface area contributed by atoms with E-state index in [2.05, 4.69) is 4.98 Å². The number of thiazole rings is 1. The van der Waals surface area contributed by atoms with Gasteiger partial charge in [-0.2, -0.15) is 0 Å². The third-order valence-corrected chi connectivity index (χ3v) is 7.99. The Morgan fingerprint density at radius 3 is 2.56 bits per heavy atom. The first kappa shape index (κ1) is 26.3. The third-order valence-electron chi connectivity index (χ3n) is 7.01. The first-order chi connectivity index (χ1) is 20.0. The van der Waals surface area contributed by atoms with Crippen molar-refractivity contribution in [2.75, 3.05) is 20.8 Å². The Morgan fingerprint density at radius 2 is 1.80 bits per heavy atom. The molecule has 0 amide bonds. The van der Waals surface area contributed by atoms with Gasteiger partial charge < -0.3 is 19.2 Å². The number of hydrogen-bond donors (Lipinski definition) is 1. The normalized spacial score (nSPS) is 15.0. The average molecular weight is 566 g/mol. The van der Waals surface area contributed by atoms with Crippen molar-refractivity contribution in [2.45, 2.75) is 13.0 Å². The van der Waals surface area contributed by atoms with E-state index in [-0.39, 0.29) is 17.7 Å². The number of aromatic amines is 1. The molecule has 0 saturated carbocycles. The summed E-state index contributed by atoms with van der Waals surface area (Å²) in [5.41, 5.74) is 3.59. The number of nitrogens with zero attached hydrogens (tertiary/aromatic N) is 2. The topological polar surface area (TPSA) is 94.9 Å². The van der Waals surface area contributed by atoms with E-state index in [4.69, 9.17) is 19.2 Å². The zero-order valence-corrected chi connectivity index (χ0v) is 23.5. The summed E-state index contributed by atoms with van der Waals surface area (Å²) in [6.45, 7) is 1.91. The lowest BCUT2D eigenvalue weighted by atomic mass is 9.92. The van der Waals surface area contributed by atoms with Gasteiger partial charge in [0.15, 0.2) is 16.3 Å². The van der Waals surface area contributed by atoms with Crippen molar-refractivity contribution in [3.8, 4) is 11.5 Å². The number of nitrogens with one attached hydrogen (secondary N) is 1. The van der Waals surface area contributed by atoms with E-state index in [1.165, 1.54) is 18.4 Å². The van der Waals surface area contributed by atoms with Crippen LogP contribution in [-0.4, -0.2) is 36.3 Å². The molecule has 8 nitrogen and oxygen atoms in total. The lowest BCUT2D eigenvalue weighted by molar-refractivity contribution is -0.138. The van der Waals surface area contributed by atoms with Crippen LogP contribution >= 0.6 is 11.3 Å². The van der Waals surface area contributed by atoms with E-state index in [0.717, 1.165) is 22.0 Å². The summed E-state index contributed by atoms with van der Waals surface area (Å²) in [4.78, 5) is 36.5. The number of para-hydroxylation sites is 2. The zero-order valence-electron chi connectivity index (χ0n) is 22.7. The second kappa shape index (κ2) is 10.9. The quantitative estimate of drug-likeness (QED) is 0.295. The number of methoxy groups -OCH3 is 2. The molecular formula is C32H27N3O5S. The number of esters is 1. The Hall–Kier alpha value is -4.89. The van der Waals surface area contributed by atoms with Crippen molar-refractivity contribution < 1.29 is 19.0 Å². The second-order valence-corrected chi connectivity index (χ2v) is 10.3. The Bertz CT molecular complexity index is 1990. The molecule has 0 aliphatic carbocycles. The van der Waals surface area contributed by atoms with Gasteiger partial charge in [-0.25, -0.2) is 9.79 Å². The molecule has 0 saturated heterocycles. The number of carbonyl (C=O) groups excluding carboxylic acids is 1. The number of aromatic nitrogens is 2. The largest absolute Gasteiger partial charge is 0.493 e. The van der Waals surface area contributed by atoms with Crippen molar-refractivity contribution in [3.63, 3.8) is 0 Å². The van der Waals surface area contributed by atoms with Crippen molar-refractivity contribution in [2.24, 2.45) is 4.99 Å². The van der Waals surface area contributed by atoms with Crippen LogP contribution < -0.4 is 24.4 Å². The molecule has 0 fully saturated rings. The summed E-state index contributed by atoms with van der Waals surface area (Å²) in [6, 6.07) is 21.9. The van der Waals surface area contributed by atoms with E-state index in [0.29, 0.717) is 32.1 Å². The molecule has 9 heteroatoms. The van der Waals surface area contributed by atoms with Crippen LogP contribution in [0.25, 0.3) is 22.7 Å². The van der Waals surface area contributed by atoms with Crippen LogP contribution in [0.4, 0.5) is 0 Å². The predicted molar refractivity (Wildman–Crippen MR) is 159 cm³/mol. The molecule has 3 heterocycles. The van der Waals surface area contributed by atoms with Gasteiger partial charge in [-0.3, -0.25) is 9.36 Å². The molecule has 1 N–H and O–H groups in total. The van der Waals surface area contributed by atoms with Crippen LogP contribution in [0.3, 0.4) is 0 Å².